The van der Waals surface area contributed by atoms with Crippen molar-refractivity contribution in [1.82, 2.24) is 15.3 Å². The largest absolute Gasteiger partial charge is 0.369 e. The number of carbonyl (C=O) groups is 1. The summed E-state index contributed by atoms with van der Waals surface area (Å²) in [6.07, 6.45) is 1.36. The second-order valence-corrected chi connectivity index (χ2v) is 4.03. The molecule has 0 aliphatic heterocycles. The minimum absolute atomic E-state index is 0.0382. The highest BCUT2D eigenvalue weighted by Crippen LogP contribution is 2.09. The van der Waals surface area contributed by atoms with Crippen molar-refractivity contribution in [3.63, 3.8) is 0 Å². The molecule has 0 aliphatic rings. The fourth-order valence-corrected chi connectivity index (χ4v) is 1.50. The van der Waals surface area contributed by atoms with Gasteiger partial charge in [0.15, 0.2) is 0 Å². The van der Waals surface area contributed by atoms with E-state index in [1.807, 2.05) is 13.8 Å². The SMILES string of the molecule is CCCNC(=O)CCNc1cc(C)nc(Cl)n1. The second-order valence-electron chi connectivity index (χ2n) is 3.69. The van der Waals surface area contributed by atoms with E-state index in [0.29, 0.717) is 18.8 Å². The van der Waals surface area contributed by atoms with Crippen molar-refractivity contribution in [2.24, 2.45) is 0 Å². The quantitative estimate of drug-likeness (QED) is 0.762. The average Bonchev–Trinajstić information content (AvgIpc) is 2.25. The summed E-state index contributed by atoms with van der Waals surface area (Å²) >= 11 is 5.72. The van der Waals surface area contributed by atoms with Crippen LogP contribution in [0.1, 0.15) is 25.5 Å². The number of rotatable bonds is 6. The van der Waals surface area contributed by atoms with Gasteiger partial charge in [-0.1, -0.05) is 6.92 Å². The number of nitrogens with one attached hydrogen (secondary N) is 2. The Balaban J connectivity index is 2.33. The first-order chi connectivity index (χ1) is 8.11. The molecule has 1 heterocycles. The Bertz CT molecular complexity index is 363. The van der Waals surface area contributed by atoms with Crippen molar-refractivity contribution in [2.75, 3.05) is 18.4 Å². The number of nitrogens with zero attached hydrogens (tertiary/aromatic N) is 2. The van der Waals surface area contributed by atoms with Gasteiger partial charge in [0.2, 0.25) is 11.2 Å². The summed E-state index contributed by atoms with van der Waals surface area (Å²) in [6.45, 7) is 5.11. The van der Waals surface area contributed by atoms with Gasteiger partial charge in [0, 0.05) is 31.3 Å². The number of hydrogen-bond acceptors (Lipinski definition) is 4. The Kier molecular flexibility index (Phi) is 5.69. The molecule has 6 heteroatoms. The number of hydrogen-bond donors (Lipinski definition) is 2. The molecular weight excluding hydrogens is 240 g/mol. The summed E-state index contributed by atoms with van der Waals surface area (Å²) < 4.78 is 0. The summed E-state index contributed by atoms with van der Waals surface area (Å²) in [4.78, 5) is 19.3. The summed E-state index contributed by atoms with van der Waals surface area (Å²) in [7, 11) is 0. The Labute approximate surface area is 106 Å². The molecule has 0 unspecified atom stereocenters. The lowest BCUT2D eigenvalue weighted by Gasteiger charge is -2.06. The van der Waals surface area contributed by atoms with E-state index in [4.69, 9.17) is 11.6 Å². The van der Waals surface area contributed by atoms with Crippen molar-refractivity contribution in [3.05, 3.63) is 17.0 Å². The van der Waals surface area contributed by atoms with Crippen LogP contribution < -0.4 is 10.6 Å². The molecule has 2 N–H and O–H groups in total. The normalized spacial score (nSPS) is 10.1. The Morgan fingerprint density at radius 2 is 2.18 bits per heavy atom. The zero-order chi connectivity index (χ0) is 12.7. The summed E-state index contributed by atoms with van der Waals surface area (Å²) in [5.41, 5.74) is 0.794. The van der Waals surface area contributed by atoms with Crippen LogP contribution in [0.3, 0.4) is 0 Å². The molecule has 1 rings (SSSR count). The molecule has 5 nitrogen and oxygen atoms in total. The molecule has 0 saturated carbocycles. The predicted octanol–water partition coefficient (Wildman–Crippen LogP) is 1.77. The van der Waals surface area contributed by atoms with Crippen LogP contribution in [0.4, 0.5) is 5.82 Å². The van der Waals surface area contributed by atoms with Crippen LogP contribution in [-0.4, -0.2) is 29.0 Å². The van der Waals surface area contributed by atoms with Gasteiger partial charge in [0.25, 0.3) is 0 Å². The minimum atomic E-state index is 0.0382. The van der Waals surface area contributed by atoms with E-state index < -0.39 is 0 Å². The van der Waals surface area contributed by atoms with Crippen molar-refractivity contribution in [2.45, 2.75) is 26.7 Å². The van der Waals surface area contributed by atoms with Gasteiger partial charge in [-0.3, -0.25) is 4.79 Å². The van der Waals surface area contributed by atoms with Crippen LogP contribution in [0.5, 0.6) is 0 Å². The van der Waals surface area contributed by atoms with Gasteiger partial charge in [0.05, 0.1) is 0 Å². The molecule has 1 amide bonds. The van der Waals surface area contributed by atoms with Crippen LogP contribution in [0.2, 0.25) is 5.28 Å². The van der Waals surface area contributed by atoms with Gasteiger partial charge >= 0.3 is 0 Å². The maximum Gasteiger partial charge on any atom is 0.224 e. The topological polar surface area (TPSA) is 66.9 Å². The van der Waals surface area contributed by atoms with E-state index >= 15 is 0 Å². The monoisotopic (exact) mass is 256 g/mol. The van der Waals surface area contributed by atoms with Crippen molar-refractivity contribution in [1.29, 1.82) is 0 Å². The fraction of sp³-hybridized carbons (Fsp3) is 0.545. The number of aryl methyl sites for hydroxylation is 1. The van der Waals surface area contributed by atoms with Crippen LogP contribution in [0.15, 0.2) is 6.07 Å². The number of anilines is 1. The molecule has 0 aromatic carbocycles. The first-order valence-corrected chi connectivity index (χ1v) is 6.01. The molecule has 17 heavy (non-hydrogen) atoms. The molecular formula is C11H17ClN4O. The van der Waals surface area contributed by atoms with Crippen LogP contribution in [-0.2, 0) is 4.79 Å². The first kappa shape index (κ1) is 13.7. The number of carbonyl (C=O) groups excluding carboxylic acids is 1. The average molecular weight is 257 g/mol. The van der Waals surface area contributed by atoms with Gasteiger partial charge in [-0.15, -0.1) is 0 Å². The highest BCUT2D eigenvalue weighted by molar-refractivity contribution is 6.28. The van der Waals surface area contributed by atoms with Gasteiger partial charge in [0.1, 0.15) is 5.82 Å². The van der Waals surface area contributed by atoms with Crippen molar-refractivity contribution >= 4 is 23.3 Å². The molecule has 0 fully saturated rings. The number of aromatic nitrogens is 2. The smallest absolute Gasteiger partial charge is 0.224 e. The van der Waals surface area contributed by atoms with Crippen molar-refractivity contribution < 1.29 is 4.79 Å². The van der Waals surface area contributed by atoms with E-state index in [-0.39, 0.29) is 11.2 Å². The zero-order valence-corrected chi connectivity index (χ0v) is 10.8. The fourth-order valence-electron chi connectivity index (χ4n) is 1.28. The second kappa shape index (κ2) is 7.06. The third-order valence-electron chi connectivity index (χ3n) is 2.06. The summed E-state index contributed by atoms with van der Waals surface area (Å²) in [5.74, 6) is 0.682. The Morgan fingerprint density at radius 1 is 1.41 bits per heavy atom. The van der Waals surface area contributed by atoms with E-state index in [2.05, 4.69) is 20.6 Å². The number of halogens is 1. The number of amides is 1. The van der Waals surface area contributed by atoms with Gasteiger partial charge in [-0.05, 0) is 24.9 Å². The molecule has 0 spiro atoms. The third-order valence-corrected chi connectivity index (χ3v) is 2.23. The lowest BCUT2D eigenvalue weighted by atomic mass is 10.3. The van der Waals surface area contributed by atoms with E-state index in [1.165, 1.54) is 0 Å². The van der Waals surface area contributed by atoms with E-state index in [9.17, 15) is 4.79 Å². The van der Waals surface area contributed by atoms with E-state index in [1.54, 1.807) is 6.07 Å². The zero-order valence-electron chi connectivity index (χ0n) is 10.1. The van der Waals surface area contributed by atoms with Gasteiger partial charge in [-0.2, -0.15) is 0 Å². The Hall–Kier alpha value is -1.36. The minimum Gasteiger partial charge on any atom is -0.369 e. The predicted molar refractivity (Wildman–Crippen MR) is 68.2 cm³/mol. The highest BCUT2D eigenvalue weighted by Gasteiger charge is 2.02. The molecule has 94 valence electrons. The lowest BCUT2D eigenvalue weighted by Crippen LogP contribution is -2.26. The molecule has 0 saturated heterocycles. The maximum atomic E-state index is 11.3. The lowest BCUT2D eigenvalue weighted by molar-refractivity contribution is -0.120. The van der Waals surface area contributed by atoms with Crippen LogP contribution >= 0.6 is 11.6 Å². The van der Waals surface area contributed by atoms with Gasteiger partial charge in [-0.25, -0.2) is 9.97 Å². The third kappa shape index (κ3) is 5.49. The van der Waals surface area contributed by atoms with Crippen LogP contribution in [0.25, 0.3) is 0 Å². The molecule has 1 aromatic rings. The summed E-state index contributed by atoms with van der Waals surface area (Å²) in [6, 6.07) is 1.79. The maximum absolute atomic E-state index is 11.3. The standard InChI is InChI=1S/C11H17ClN4O/c1-3-5-14-10(17)4-6-13-9-7-8(2)15-11(12)16-9/h7H,3-6H2,1-2H3,(H,14,17)(H,13,15,16). The molecule has 1 aromatic heterocycles. The highest BCUT2D eigenvalue weighted by atomic mass is 35.5. The Morgan fingerprint density at radius 3 is 2.82 bits per heavy atom. The first-order valence-electron chi connectivity index (χ1n) is 5.63. The van der Waals surface area contributed by atoms with Crippen LogP contribution in [0, 0.1) is 6.92 Å². The van der Waals surface area contributed by atoms with Gasteiger partial charge < -0.3 is 10.6 Å². The van der Waals surface area contributed by atoms with E-state index in [0.717, 1.165) is 18.7 Å². The van der Waals surface area contributed by atoms with Crippen molar-refractivity contribution in [3.8, 4) is 0 Å². The summed E-state index contributed by atoms with van der Waals surface area (Å²) in [5, 5.41) is 6.05. The molecule has 0 atom stereocenters. The molecule has 0 aliphatic carbocycles. The molecule has 0 radical (unpaired) electrons. The molecule has 0 bridgehead atoms.